The lowest BCUT2D eigenvalue weighted by Gasteiger charge is -2.17. The number of alkyl halides is 3. The van der Waals surface area contributed by atoms with Crippen molar-refractivity contribution < 1.29 is 31.5 Å². The van der Waals surface area contributed by atoms with E-state index in [9.17, 15) is 31.5 Å². The Kier molecular flexibility index (Phi) is 5.10. The first-order valence-corrected chi connectivity index (χ1v) is 8.33. The van der Waals surface area contributed by atoms with Gasteiger partial charge in [-0.25, -0.2) is 8.78 Å². The molecule has 148 valence electrons. The van der Waals surface area contributed by atoms with Gasteiger partial charge in [0, 0.05) is 12.0 Å². The normalized spacial score (nSPS) is 15.0. The van der Waals surface area contributed by atoms with Gasteiger partial charge in [0.2, 0.25) is 0 Å². The van der Waals surface area contributed by atoms with Gasteiger partial charge in [0.25, 0.3) is 0 Å². The number of amides is 2. The number of rotatable bonds is 4. The zero-order valence-corrected chi connectivity index (χ0v) is 14.4. The molecule has 0 radical (unpaired) electrons. The minimum atomic E-state index is -4.44. The van der Waals surface area contributed by atoms with Crippen molar-refractivity contribution in [2.75, 3.05) is 11.9 Å². The topological polar surface area (TPSA) is 58.2 Å². The van der Waals surface area contributed by atoms with Crippen LogP contribution in [0.4, 0.5) is 27.6 Å². The summed E-state index contributed by atoms with van der Waals surface area (Å²) in [5.41, 5.74) is -1.15. The molecule has 2 amide bonds. The molecule has 0 atom stereocenters. The molecule has 1 aliphatic rings. The predicted octanol–water partition coefficient (Wildman–Crippen LogP) is 3.77. The maximum Gasteiger partial charge on any atom is 0.416 e. The summed E-state index contributed by atoms with van der Waals surface area (Å²) >= 11 is 0. The molecule has 1 fully saturated rings. The van der Waals surface area contributed by atoms with Crippen LogP contribution in [0.5, 0.6) is 0 Å². The summed E-state index contributed by atoms with van der Waals surface area (Å²) in [5, 5.41) is 4.37. The van der Waals surface area contributed by atoms with Crippen molar-refractivity contribution in [3.63, 3.8) is 0 Å². The molecule has 0 bridgehead atoms. The minimum Gasteiger partial charge on any atom is -0.347 e. The molecule has 0 unspecified atom stereocenters. The van der Waals surface area contributed by atoms with E-state index in [4.69, 9.17) is 0 Å². The van der Waals surface area contributed by atoms with E-state index in [2.05, 4.69) is 5.32 Å². The van der Waals surface area contributed by atoms with Gasteiger partial charge in [0.1, 0.15) is 0 Å². The van der Waals surface area contributed by atoms with Gasteiger partial charge in [-0.15, -0.1) is 0 Å². The molecule has 2 aromatic carbocycles. The average molecular weight is 398 g/mol. The van der Waals surface area contributed by atoms with Gasteiger partial charge < -0.3 is 10.6 Å². The highest BCUT2D eigenvalue weighted by Gasteiger charge is 2.45. The van der Waals surface area contributed by atoms with Crippen LogP contribution in [-0.2, 0) is 21.2 Å². The van der Waals surface area contributed by atoms with E-state index >= 15 is 0 Å². The van der Waals surface area contributed by atoms with Gasteiger partial charge in [-0.3, -0.25) is 9.59 Å². The van der Waals surface area contributed by atoms with Crippen LogP contribution in [0.2, 0.25) is 0 Å². The van der Waals surface area contributed by atoms with E-state index in [0.717, 1.165) is 24.3 Å². The number of carbonyl (C=O) groups excluding carboxylic acids is 2. The van der Waals surface area contributed by atoms with Gasteiger partial charge in [-0.2, -0.15) is 13.2 Å². The Morgan fingerprint density at radius 3 is 2.18 bits per heavy atom. The predicted molar refractivity (Wildman–Crippen MR) is 90.4 cm³/mol. The van der Waals surface area contributed by atoms with Crippen molar-refractivity contribution in [2.45, 2.75) is 24.4 Å². The number of nitrogens with one attached hydrogen (secondary N) is 2. The summed E-state index contributed by atoms with van der Waals surface area (Å²) in [7, 11) is 0. The van der Waals surface area contributed by atoms with E-state index < -0.39 is 46.3 Å². The Morgan fingerprint density at radius 2 is 1.61 bits per heavy atom. The van der Waals surface area contributed by atoms with E-state index in [0.29, 0.717) is 18.4 Å². The molecular weight excluding hydrogens is 383 g/mol. The van der Waals surface area contributed by atoms with Crippen LogP contribution >= 0.6 is 0 Å². The van der Waals surface area contributed by atoms with Crippen molar-refractivity contribution in [1.29, 1.82) is 0 Å². The first-order chi connectivity index (χ1) is 13.1. The second-order valence-electron chi connectivity index (χ2n) is 6.59. The smallest absolute Gasteiger partial charge is 0.347 e. The molecular formula is C19H15F5N2O2. The third-order valence-electron chi connectivity index (χ3n) is 4.67. The molecule has 0 heterocycles. The Hall–Kier alpha value is -2.97. The number of hydrogen-bond acceptors (Lipinski definition) is 2. The van der Waals surface area contributed by atoms with Crippen molar-refractivity contribution in [3.05, 3.63) is 65.2 Å². The second kappa shape index (κ2) is 7.21. The fourth-order valence-corrected chi connectivity index (χ4v) is 2.84. The molecule has 3 rings (SSSR count). The molecule has 0 saturated heterocycles. The number of benzene rings is 2. The Bertz CT molecular complexity index is 906. The third kappa shape index (κ3) is 4.13. The maximum atomic E-state index is 13.5. The zero-order valence-electron chi connectivity index (χ0n) is 14.4. The molecule has 1 saturated carbocycles. The average Bonchev–Trinajstić information content (AvgIpc) is 3.44. The lowest BCUT2D eigenvalue weighted by Crippen LogP contribution is -2.39. The summed E-state index contributed by atoms with van der Waals surface area (Å²) in [6, 6.07) is 7.79. The highest BCUT2D eigenvalue weighted by atomic mass is 19.4. The summed E-state index contributed by atoms with van der Waals surface area (Å²) in [6.45, 7) is 0.0379. The molecule has 1 aliphatic carbocycles. The molecule has 28 heavy (non-hydrogen) atoms. The second-order valence-corrected chi connectivity index (χ2v) is 6.59. The quantitative estimate of drug-likeness (QED) is 0.609. The van der Waals surface area contributed by atoms with Crippen molar-refractivity contribution >= 4 is 17.5 Å². The van der Waals surface area contributed by atoms with Gasteiger partial charge in [0.15, 0.2) is 11.6 Å². The van der Waals surface area contributed by atoms with Crippen molar-refractivity contribution in [2.24, 2.45) is 0 Å². The van der Waals surface area contributed by atoms with E-state index in [1.54, 1.807) is 0 Å². The van der Waals surface area contributed by atoms with E-state index in [1.165, 1.54) is 18.2 Å². The van der Waals surface area contributed by atoms with Gasteiger partial charge >= 0.3 is 18.0 Å². The highest BCUT2D eigenvalue weighted by Crippen LogP contribution is 2.48. The number of hydrogen-bond donors (Lipinski definition) is 2. The lowest BCUT2D eigenvalue weighted by atomic mass is 9.95. The largest absolute Gasteiger partial charge is 0.416 e. The van der Waals surface area contributed by atoms with Crippen LogP contribution in [-0.4, -0.2) is 18.4 Å². The fraction of sp³-hybridized carbons (Fsp3) is 0.263. The van der Waals surface area contributed by atoms with Crippen LogP contribution in [0.15, 0.2) is 42.5 Å². The Morgan fingerprint density at radius 1 is 0.964 bits per heavy atom. The first-order valence-electron chi connectivity index (χ1n) is 8.33. The SMILES string of the molecule is O=C(NCC1(c2ccc(C(F)(F)F)cc2)CC1)C(=O)Nc1cccc(F)c1F. The van der Waals surface area contributed by atoms with Crippen LogP contribution in [0.25, 0.3) is 0 Å². The standard InChI is InChI=1S/C19H15F5N2O2/c20-13-2-1-3-14(15(13)21)26-17(28)16(27)25-10-18(8-9-18)11-4-6-12(7-5-11)19(22,23)24/h1-7H,8-10H2,(H,25,27)(H,26,28). The summed E-state index contributed by atoms with van der Waals surface area (Å²) in [6.07, 6.45) is -3.16. The van der Waals surface area contributed by atoms with Gasteiger partial charge in [-0.05, 0) is 42.7 Å². The number of carbonyl (C=O) groups is 2. The van der Waals surface area contributed by atoms with Crippen molar-refractivity contribution in [3.8, 4) is 0 Å². The van der Waals surface area contributed by atoms with Crippen LogP contribution in [0, 0.1) is 11.6 Å². The molecule has 9 heteroatoms. The van der Waals surface area contributed by atoms with Crippen LogP contribution in [0.1, 0.15) is 24.0 Å². The van der Waals surface area contributed by atoms with Gasteiger partial charge in [-0.1, -0.05) is 18.2 Å². The molecule has 4 nitrogen and oxygen atoms in total. The summed E-state index contributed by atoms with van der Waals surface area (Å²) in [5.74, 6) is -4.68. The summed E-state index contributed by atoms with van der Waals surface area (Å²) < 4.78 is 64.6. The van der Waals surface area contributed by atoms with Crippen LogP contribution < -0.4 is 10.6 Å². The molecule has 2 N–H and O–H groups in total. The van der Waals surface area contributed by atoms with Crippen molar-refractivity contribution in [1.82, 2.24) is 5.32 Å². The van der Waals surface area contributed by atoms with E-state index in [-0.39, 0.29) is 6.54 Å². The number of halogens is 5. The number of anilines is 1. The first kappa shape index (κ1) is 19.8. The third-order valence-corrected chi connectivity index (χ3v) is 4.67. The highest BCUT2D eigenvalue weighted by molar-refractivity contribution is 6.39. The Labute approximate surface area is 156 Å². The summed E-state index contributed by atoms with van der Waals surface area (Å²) in [4.78, 5) is 23.8. The maximum absolute atomic E-state index is 13.5. The molecule has 0 aromatic heterocycles. The minimum absolute atomic E-state index is 0.0379. The zero-order chi connectivity index (χ0) is 20.5. The molecule has 0 spiro atoms. The molecule has 2 aromatic rings. The van der Waals surface area contributed by atoms with Gasteiger partial charge in [0.05, 0.1) is 11.3 Å². The monoisotopic (exact) mass is 398 g/mol. The lowest BCUT2D eigenvalue weighted by molar-refractivity contribution is -0.137. The van der Waals surface area contributed by atoms with E-state index in [1.807, 2.05) is 5.32 Å². The van der Waals surface area contributed by atoms with Crippen LogP contribution in [0.3, 0.4) is 0 Å². The fourth-order valence-electron chi connectivity index (χ4n) is 2.84. The molecule has 0 aliphatic heterocycles. The Balaban J connectivity index is 1.61.